The van der Waals surface area contributed by atoms with E-state index < -0.39 is 0 Å². The van der Waals surface area contributed by atoms with Crippen molar-refractivity contribution >= 4 is 17.5 Å². The summed E-state index contributed by atoms with van der Waals surface area (Å²) in [6, 6.07) is 0.167. The molecule has 0 unspecified atom stereocenters. The second-order valence-electron chi connectivity index (χ2n) is 6.15. The van der Waals surface area contributed by atoms with Gasteiger partial charge in [0.1, 0.15) is 5.82 Å². The van der Waals surface area contributed by atoms with Crippen molar-refractivity contribution in [3.8, 4) is 0 Å². The summed E-state index contributed by atoms with van der Waals surface area (Å²) in [7, 11) is 1.75. The summed E-state index contributed by atoms with van der Waals surface area (Å²) >= 11 is 6.09. The first-order chi connectivity index (χ1) is 10.5. The van der Waals surface area contributed by atoms with E-state index in [-0.39, 0.29) is 11.9 Å². The minimum Gasteiger partial charge on any atom is -0.328 e. The van der Waals surface area contributed by atoms with E-state index in [1.54, 1.807) is 22.8 Å². The number of rotatable bonds is 2. The third kappa shape index (κ3) is 2.11. The Bertz CT molecular complexity index is 747. The first kappa shape index (κ1) is 13.8. The molecule has 0 radical (unpaired) electrons. The Morgan fingerprint density at radius 3 is 2.77 bits per heavy atom. The summed E-state index contributed by atoms with van der Waals surface area (Å²) in [5.74, 6) is 2.32. The predicted molar refractivity (Wildman–Crippen MR) is 79.7 cm³/mol. The Kier molecular flexibility index (Phi) is 3.00. The number of nitrogens with zero attached hydrogens (tertiary/aromatic N) is 6. The van der Waals surface area contributed by atoms with Gasteiger partial charge in [0.15, 0.2) is 11.5 Å². The molecule has 1 saturated carbocycles. The van der Waals surface area contributed by atoms with Gasteiger partial charge >= 0.3 is 0 Å². The van der Waals surface area contributed by atoms with E-state index in [9.17, 15) is 4.79 Å². The molecule has 116 valence electrons. The number of aryl methyl sites for hydroxylation is 1. The van der Waals surface area contributed by atoms with Crippen LogP contribution >= 0.6 is 11.6 Å². The zero-order valence-electron chi connectivity index (χ0n) is 12.5. The van der Waals surface area contributed by atoms with E-state index >= 15 is 0 Å². The molecule has 7 nitrogen and oxygen atoms in total. The summed E-state index contributed by atoms with van der Waals surface area (Å²) in [5.41, 5.74) is 0.298. The van der Waals surface area contributed by atoms with E-state index in [0.717, 1.165) is 11.6 Å². The quantitative estimate of drug-likeness (QED) is 0.845. The lowest BCUT2D eigenvalue weighted by molar-refractivity contribution is 0.0673. The zero-order valence-corrected chi connectivity index (χ0v) is 13.3. The van der Waals surface area contributed by atoms with Crippen molar-refractivity contribution in [3.63, 3.8) is 0 Å². The van der Waals surface area contributed by atoms with Crippen LogP contribution in [0.3, 0.4) is 0 Å². The van der Waals surface area contributed by atoms with Crippen molar-refractivity contribution in [2.75, 3.05) is 6.54 Å². The van der Waals surface area contributed by atoms with Gasteiger partial charge < -0.3 is 9.47 Å². The van der Waals surface area contributed by atoms with Crippen LogP contribution in [0.1, 0.15) is 53.9 Å². The molecule has 2 aromatic rings. The van der Waals surface area contributed by atoms with Crippen LogP contribution in [0.2, 0.25) is 5.02 Å². The summed E-state index contributed by atoms with van der Waals surface area (Å²) in [5, 5.41) is 13.2. The summed E-state index contributed by atoms with van der Waals surface area (Å²) in [6.45, 7) is 3.17. The molecular weight excluding hydrogens is 304 g/mol. The van der Waals surface area contributed by atoms with E-state index in [1.165, 1.54) is 12.8 Å². The van der Waals surface area contributed by atoms with Gasteiger partial charge in [0.05, 0.1) is 17.6 Å². The molecule has 0 bridgehead atoms. The van der Waals surface area contributed by atoms with Crippen molar-refractivity contribution in [1.29, 1.82) is 0 Å². The van der Waals surface area contributed by atoms with E-state index in [4.69, 9.17) is 11.6 Å². The normalized spacial score (nSPS) is 21.0. The van der Waals surface area contributed by atoms with Crippen molar-refractivity contribution in [2.24, 2.45) is 7.05 Å². The second-order valence-corrected chi connectivity index (χ2v) is 6.56. The molecular formula is C14H17ClN6O. The van der Waals surface area contributed by atoms with Crippen molar-refractivity contribution in [1.82, 2.24) is 29.4 Å². The topological polar surface area (TPSA) is 68.8 Å². The maximum absolute atomic E-state index is 12.7. The van der Waals surface area contributed by atoms with Crippen LogP contribution in [0.5, 0.6) is 0 Å². The van der Waals surface area contributed by atoms with Crippen molar-refractivity contribution < 1.29 is 4.79 Å². The number of aromatic nitrogens is 5. The van der Waals surface area contributed by atoms with Gasteiger partial charge in [-0.1, -0.05) is 11.6 Å². The highest BCUT2D eigenvalue weighted by Crippen LogP contribution is 2.41. The molecule has 8 heteroatoms. The Morgan fingerprint density at radius 1 is 1.36 bits per heavy atom. The van der Waals surface area contributed by atoms with Gasteiger partial charge in [-0.15, -0.1) is 10.2 Å². The maximum atomic E-state index is 12.7. The maximum Gasteiger partial charge on any atom is 0.276 e. The first-order valence-corrected chi connectivity index (χ1v) is 7.84. The average Bonchev–Trinajstić information content (AvgIpc) is 3.14. The van der Waals surface area contributed by atoms with Gasteiger partial charge in [-0.05, 0) is 19.8 Å². The lowest BCUT2D eigenvalue weighted by Crippen LogP contribution is -2.41. The molecule has 2 aromatic heterocycles. The molecule has 1 atom stereocenters. The fourth-order valence-electron chi connectivity index (χ4n) is 3.09. The molecule has 3 heterocycles. The number of amides is 1. The molecule has 1 fully saturated rings. The molecule has 1 amide bonds. The Hall–Kier alpha value is -1.89. The smallest absolute Gasteiger partial charge is 0.276 e. The molecule has 22 heavy (non-hydrogen) atoms. The van der Waals surface area contributed by atoms with Crippen LogP contribution in [0.4, 0.5) is 0 Å². The number of carbonyl (C=O) groups is 1. The molecule has 0 N–H and O–H groups in total. The minimum atomic E-state index is -0.153. The van der Waals surface area contributed by atoms with Gasteiger partial charge in [-0.25, -0.2) is 0 Å². The van der Waals surface area contributed by atoms with Crippen LogP contribution in [0.15, 0.2) is 6.20 Å². The highest BCUT2D eigenvalue weighted by atomic mass is 35.5. The summed E-state index contributed by atoms with van der Waals surface area (Å²) in [4.78, 5) is 14.4. The minimum absolute atomic E-state index is 0.153. The van der Waals surface area contributed by atoms with Gasteiger partial charge in [-0.3, -0.25) is 9.48 Å². The van der Waals surface area contributed by atoms with Gasteiger partial charge in [0.2, 0.25) is 0 Å². The molecule has 0 spiro atoms. The molecule has 0 saturated heterocycles. The summed E-state index contributed by atoms with van der Waals surface area (Å²) < 4.78 is 3.75. The standard InChI is InChI=1S/C14H17ClN6O/c1-8-5-20(14(22)12-10(15)6-19(2)18-12)7-11-16-17-13(21(8)11)9-3-4-9/h6,8-9H,3-5,7H2,1-2H3/t8-/m0/s1. The van der Waals surface area contributed by atoms with Crippen LogP contribution in [-0.2, 0) is 13.6 Å². The van der Waals surface area contributed by atoms with E-state index in [0.29, 0.717) is 29.7 Å². The number of hydrogen-bond acceptors (Lipinski definition) is 4. The van der Waals surface area contributed by atoms with Gasteiger partial charge in [0.25, 0.3) is 5.91 Å². The number of hydrogen-bond donors (Lipinski definition) is 0. The monoisotopic (exact) mass is 320 g/mol. The molecule has 0 aromatic carbocycles. The number of carbonyl (C=O) groups excluding carboxylic acids is 1. The number of fused-ring (bicyclic) bond motifs is 1. The van der Waals surface area contributed by atoms with E-state index in [2.05, 4.69) is 26.8 Å². The van der Waals surface area contributed by atoms with Crippen molar-refractivity contribution in [3.05, 3.63) is 28.6 Å². The van der Waals surface area contributed by atoms with E-state index in [1.807, 2.05) is 0 Å². The van der Waals surface area contributed by atoms with Crippen molar-refractivity contribution in [2.45, 2.75) is 38.3 Å². The van der Waals surface area contributed by atoms with Crippen LogP contribution in [-0.4, -0.2) is 41.9 Å². The molecule has 2 aliphatic rings. The third-order valence-corrected chi connectivity index (χ3v) is 4.54. The first-order valence-electron chi connectivity index (χ1n) is 7.46. The summed E-state index contributed by atoms with van der Waals surface area (Å²) in [6.07, 6.45) is 4.02. The fourth-order valence-corrected chi connectivity index (χ4v) is 3.35. The fraction of sp³-hybridized carbons (Fsp3) is 0.571. The van der Waals surface area contributed by atoms with Gasteiger partial charge in [0, 0.05) is 25.7 Å². The van der Waals surface area contributed by atoms with Gasteiger partial charge in [-0.2, -0.15) is 5.10 Å². The highest BCUT2D eigenvalue weighted by Gasteiger charge is 2.36. The SMILES string of the molecule is C[C@H]1CN(C(=O)c2nn(C)cc2Cl)Cc2nnc(C3CC3)n21. The van der Waals surface area contributed by atoms with Crippen LogP contribution in [0.25, 0.3) is 0 Å². The predicted octanol–water partition coefficient (Wildman–Crippen LogP) is 1.76. The Balaban J connectivity index is 1.62. The lowest BCUT2D eigenvalue weighted by atomic mass is 10.2. The molecule has 1 aliphatic carbocycles. The third-order valence-electron chi connectivity index (χ3n) is 4.27. The molecule has 4 rings (SSSR count). The Labute approximate surface area is 132 Å². The van der Waals surface area contributed by atoms with Crippen LogP contribution in [0, 0.1) is 0 Å². The highest BCUT2D eigenvalue weighted by molar-refractivity contribution is 6.33. The lowest BCUT2D eigenvalue weighted by Gasteiger charge is -2.32. The zero-order chi connectivity index (χ0) is 15.4. The largest absolute Gasteiger partial charge is 0.328 e. The van der Waals surface area contributed by atoms with Crippen LogP contribution < -0.4 is 0 Å². The second kappa shape index (κ2) is 4.81. The Morgan fingerprint density at radius 2 is 2.14 bits per heavy atom. The average molecular weight is 321 g/mol. The molecule has 1 aliphatic heterocycles. The number of halogens is 1.